The maximum absolute atomic E-state index is 12.8. The predicted molar refractivity (Wildman–Crippen MR) is 132 cm³/mol. The Bertz CT molecular complexity index is 1320. The third-order valence-electron chi connectivity index (χ3n) is 6.62. The molecule has 32 heavy (non-hydrogen) atoms. The molecule has 4 rings (SSSR count). The number of hydrogen-bond acceptors (Lipinski definition) is 4. The van der Waals surface area contributed by atoms with Gasteiger partial charge < -0.3 is 14.4 Å². The van der Waals surface area contributed by atoms with Crippen LogP contribution in [0.2, 0.25) is 0 Å². The van der Waals surface area contributed by atoms with E-state index < -0.39 is 5.63 Å². The Morgan fingerprint density at radius 3 is 2.50 bits per heavy atom. The fourth-order valence-electron chi connectivity index (χ4n) is 4.73. The lowest BCUT2D eigenvalue weighted by Crippen LogP contribution is -2.26. The first-order valence-corrected chi connectivity index (χ1v) is 11.1. The van der Waals surface area contributed by atoms with Gasteiger partial charge in [0.15, 0.2) is 5.71 Å². The Hall–Kier alpha value is -3.34. The van der Waals surface area contributed by atoms with Gasteiger partial charge in [0.05, 0.1) is 10.8 Å². The van der Waals surface area contributed by atoms with Crippen LogP contribution in [0.3, 0.4) is 0 Å². The van der Waals surface area contributed by atoms with Gasteiger partial charge in [-0.25, -0.2) is 4.79 Å². The molecule has 0 atom stereocenters. The van der Waals surface area contributed by atoms with E-state index in [9.17, 15) is 9.90 Å². The van der Waals surface area contributed by atoms with Crippen molar-refractivity contribution in [1.29, 1.82) is 0 Å². The van der Waals surface area contributed by atoms with Crippen LogP contribution in [-0.2, 0) is 5.41 Å². The maximum atomic E-state index is 12.8. The number of fused-ring (bicyclic) bond motifs is 2. The van der Waals surface area contributed by atoms with E-state index in [-0.39, 0.29) is 16.7 Å². The maximum Gasteiger partial charge on any atom is 0.347 e. The summed E-state index contributed by atoms with van der Waals surface area (Å²) in [5, 5.41) is 11.4. The molecule has 0 fully saturated rings. The Morgan fingerprint density at radius 1 is 1.09 bits per heavy atom. The van der Waals surface area contributed by atoms with Crippen LogP contribution in [0.4, 0.5) is 11.4 Å². The van der Waals surface area contributed by atoms with Crippen LogP contribution < -0.4 is 10.5 Å². The average molecular weight is 432 g/mol. The molecule has 0 amide bonds. The molecule has 5 heteroatoms. The van der Waals surface area contributed by atoms with Crippen LogP contribution >= 0.6 is 0 Å². The van der Waals surface area contributed by atoms with E-state index in [1.165, 1.54) is 11.1 Å². The van der Waals surface area contributed by atoms with Crippen molar-refractivity contribution >= 4 is 34.1 Å². The summed E-state index contributed by atoms with van der Waals surface area (Å²) in [6, 6.07) is 12.0. The Labute approximate surface area is 188 Å². The molecule has 166 valence electrons. The molecule has 0 unspecified atom stereocenters. The van der Waals surface area contributed by atoms with Gasteiger partial charge in [-0.1, -0.05) is 11.6 Å². The molecular formula is C27H31N2O3+. The summed E-state index contributed by atoms with van der Waals surface area (Å²) < 4.78 is 7.75. The number of aryl methyl sites for hydroxylation is 1. The third kappa shape index (κ3) is 3.42. The highest BCUT2D eigenvalue weighted by atomic mass is 16.4. The highest BCUT2D eigenvalue weighted by molar-refractivity contribution is 6.05. The summed E-state index contributed by atoms with van der Waals surface area (Å²) in [7, 11) is 2.03. The Morgan fingerprint density at radius 2 is 1.81 bits per heavy atom. The number of nitrogens with zero attached hydrogens (tertiary/aromatic N) is 2. The second kappa shape index (κ2) is 7.97. The summed E-state index contributed by atoms with van der Waals surface area (Å²) in [5.41, 5.74) is 5.41. The molecule has 3 aromatic rings. The summed E-state index contributed by atoms with van der Waals surface area (Å²) in [6.45, 7) is 12.3. The first kappa shape index (κ1) is 21.9. The molecule has 1 aliphatic rings. The zero-order chi connectivity index (χ0) is 23.2. The van der Waals surface area contributed by atoms with Crippen molar-refractivity contribution < 1.29 is 14.1 Å². The van der Waals surface area contributed by atoms with Crippen molar-refractivity contribution in [2.75, 3.05) is 25.0 Å². The second-order valence-corrected chi connectivity index (χ2v) is 8.93. The minimum atomic E-state index is -0.546. The van der Waals surface area contributed by atoms with E-state index in [4.69, 9.17) is 4.42 Å². The molecule has 2 heterocycles. The first-order valence-electron chi connectivity index (χ1n) is 11.1. The van der Waals surface area contributed by atoms with Crippen molar-refractivity contribution in [2.24, 2.45) is 0 Å². The number of hydrogen-bond donors (Lipinski definition) is 1. The predicted octanol–water partition coefficient (Wildman–Crippen LogP) is 5.37. The summed E-state index contributed by atoms with van der Waals surface area (Å²) in [5.74, 6) is -0.0500. The molecule has 2 aromatic carbocycles. The zero-order valence-electron chi connectivity index (χ0n) is 19.7. The highest BCUT2D eigenvalue weighted by Crippen LogP contribution is 2.40. The van der Waals surface area contributed by atoms with Gasteiger partial charge in [-0.3, -0.25) is 0 Å². The third-order valence-corrected chi connectivity index (χ3v) is 6.62. The second-order valence-electron chi connectivity index (χ2n) is 8.93. The van der Waals surface area contributed by atoms with Gasteiger partial charge in [-0.15, -0.1) is 0 Å². The quantitative estimate of drug-likeness (QED) is 0.436. The smallest absolute Gasteiger partial charge is 0.347 e. The van der Waals surface area contributed by atoms with Crippen LogP contribution in [0.5, 0.6) is 5.75 Å². The molecule has 0 bridgehead atoms. The van der Waals surface area contributed by atoms with Crippen molar-refractivity contribution in [3.8, 4) is 5.75 Å². The van der Waals surface area contributed by atoms with Gasteiger partial charge in [0.1, 0.15) is 23.9 Å². The lowest BCUT2D eigenvalue weighted by Gasteiger charge is -2.21. The zero-order valence-corrected chi connectivity index (χ0v) is 19.7. The average Bonchev–Trinajstić information content (AvgIpc) is 2.94. The van der Waals surface area contributed by atoms with Crippen LogP contribution in [0.25, 0.3) is 17.0 Å². The number of anilines is 1. The molecule has 0 radical (unpaired) electrons. The SMILES string of the molecule is CCN(CC)c1ccc2c(O)c(/C=C/C3=[N+](C)c4ccc(C)cc4C3(C)C)c(=O)oc2c1. The fraction of sp³-hybridized carbons (Fsp3) is 0.333. The highest BCUT2D eigenvalue weighted by Gasteiger charge is 2.42. The topological polar surface area (TPSA) is 56.7 Å². The van der Waals surface area contributed by atoms with Crippen LogP contribution in [0.15, 0.2) is 51.7 Å². The van der Waals surface area contributed by atoms with Gasteiger partial charge in [0, 0.05) is 42.5 Å². The van der Waals surface area contributed by atoms with Crippen molar-refractivity contribution in [2.45, 2.75) is 40.0 Å². The van der Waals surface area contributed by atoms with Gasteiger partial charge >= 0.3 is 5.63 Å². The van der Waals surface area contributed by atoms with Gasteiger partial charge in [-0.05, 0) is 58.9 Å². The number of benzene rings is 2. The fourth-order valence-corrected chi connectivity index (χ4v) is 4.73. The summed E-state index contributed by atoms with van der Waals surface area (Å²) >= 11 is 0. The molecule has 0 spiro atoms. The molecule has 1 N–H and O–H groups in total. The van der Waals surface area contributed by atoms with E-state index in [1.54, 1.807) is 6.08 Å². The van der Waals surface area contributed by atoms with E-state index in [0.29, 0.717) is 11.0 Å². The Balaban J connectivity index is 1.77. The van der Waals surface area contributed by atoms with Crippen molar-refractivity contribution in [3.05, 3.63) is 69.6 Å². The Kier molecular flexibility index (Phi) is 5.45. The lowest BCUT2D eigenvalue weighted by molar-refractivity contribution is -0.401. The van der Waals surface area contributed by atoms with E-state index in [1.807, 2.05) is 31.3 Å². The molecular weight excluding hydrogens is 400 g/mol. The van der Waals surface area contributed by atoms with Crippen LogP contribution in [-0.4, -0.2) is 35.5 Å². The minimum absolute atomic E-state index is 0.0500. The molecule has 0 aliphatic carbocycles. The lowest BCUT2D eigenvalue weighted by atomic mass is 9.81. The van der Waals surface area contributed by atoms with Crippen molar-refractivity contribution in [3.63, 3.8) is 0 Å². The van der Waals surface area contributed by atoms with Crippen LogP contribution in [0.1, 0.15) is 44.4 Å². The minimum Gasteiger partial charge on any atom is -0.506 e. The number of allylic oxidation sites excluding steroid dienone is 1. The first-order chi connectivity index (χ1) is 15.2. The number of rotatable bonds is 5. The molecule has 0 saturated heterocycles. The molecule has 1 aliphatic heterocycles. The van der Waals surface area contributed by atoms with E-state index >= 15 is 0 Å². The molecule has 0 saturated carbocycles. The van der Waals surface area contributed by atoms with Crippen molar-refractivity contribution in [1.82, 2.24) is 0 Å². The van der Waals surface area contributed by atoms with Crippen LogP contribution in [0, 0.1) is 6.92 Å². The van der Waals surface area contributed by atoms with Gasteiger partial charge in [0.2, 0.25) is 5.69 Å². The molecule has 1 aromatic heterocycles. The normalized spacial score (nSPS) is 15.1. The summed E-state index contributed by atoms with van der Waals surface area (Å²) in [4.78, 5) is 14.9. The summed E-state index contributed by atoms with van der Waals surface area (Å²) in [6.07, 6.45) is 3.59. The monoisotopic (exact) mass is 431 g/mol. The van der Waals surface area contributed by atoms with Gasteiger partial charge in [-0.2, -0.15) is 4.58 Å². The standard InChI is InChI=1S/C27H30N2O3/c1-7-29(8-2)18-10-11-19-23(16-18)32-26(31)20(25(19)30)12-14-24-27(4,5)21-15-17(3)9-13-22(21)28(24)6/h9-16H,7-8H2,1-6H3/p+1. The van der Waals surface area contributed by atoms with E-state index in [0.717, 1.165) is 30.2 Å². The largest absolute Gasteiger partial charge is 0.506 e. The number of aromatic hydroxyl groups is 1. The van der Waals surface area contributed by atoms with E-state index in [2.05, 4.69) is 62.3 Å². The van der Waals surface area contributed by atoms with Gasteiger partial charge in [0.25, 0.3) is 0 Å². The molecule has 5 nitrogen and oxygen atoms in total.